The van der Waals surface area contributed by atoms with Crippen molar-refractivity contribution in [2.45, 2.75) is 39.8 Å². The number of aromatic nitrogens is 3. The molecule has 0 radical (unpaired) electrons. The maximum Gasteiger partial charge on any atom is 0.138 e. The van der Waals surface area contributed by atoms with Gasteiger partial charge in [0.15, 0.2) is 0 Å². The molecular formula is C16H24N4O. The number of ether oxygens (including phenoxy) is 1. The van der Waals surface area contributed by atoms with Crippen molar-refractivity contribution in [3.05, 3.63) is 41.5 Å². The second-order valence-electron chi connectivity index (χ2n) is 5.42. The molecule has 0 aliphatic rings. The zero-order valence-corrected chi connectivity index (χ0v) is 13.4. The predicted molar refractivity (Wildman–Crippen MR) is 83.5 cm³/mol. The van der Waals surface area contributed by atoms with E-state index in [1.54, 1.807) is 6.20 Å². The topological polar surface area (TPSA) is 52.0 Å². The highest BCUT2D eigenvalue weighted by Crippen LogP contribution is 2.26. The van der Waals surface area contributed by atoms with E-state index in [-0.39, 0.29) is 12.1 Å². The fourth-order valence-electron chi connectivity index (χ4n) is 2.34. The number of hydrogen-bond acceptors (Lipinski definition) is 4. The second-order valence-corrected chi connectivity index (χ2v) is 5.42. The lowest BCUT2D eigenvalue weighted by Crippen LogP contribution is -2.23. The molecule has 0 amide bonds. The summed E-state index contributed by atoms with van der Waals surface area (Å²) in [6.45, 7) is 9.07. The zero-order valence-electron chi connectivity index (χ0n) is 13.4. The molecule has 0 fully saturated rings. The highest BCUT2D eigenvalue weighted by Gasteiger charge is 2.19. The lowest BCUT2D eigenvalue weighted by molar-refractivity contribution is 0.241. The lowest BCUT2D eigenvalue weighted by atomic mass is 10.0. The van der Waals surface area contributed by atoms with E-state index in [0.717, 1.165) is 23.6 Å². The van der Waals surface area contributed by atoms with Gasteiger partial charge in [-0.15, -0.1) is 0 Å². The van der Waals surface area contributed by atoms with Gasteiger partial charge in [0, 0.05) is 24.5 Å². The molecule has 0 spiro atoms. The fourth-order valence-corrected chi connectivity index (χ4v) is 2.34. The van der Waals surface area contributed by atoms with Crippen molar-refractivity contribution in [2.75, 3.05) is 6.54 Å². The quantitative estimate of drug-likeness (QED) is 0.887. The van der Waals surface area contributed by atoms with Crippen molar-refractivity contribution in [3.8, 4) is 5.75 Å². The Balaban J connectivity index is 2.36. The minimum Gasteiger partial charge on any atom is -0.489 e. The number of rotatable bonds is 6. The molecule has 1 unspecified atom stereocenters. The first-order valence-corrected chi connectivity index (χ1v) is 7.36. The highest BCUT2D eigenvalue weighted by atomic mass is 16.5. The molecule has 2 aromatic rings. The van der Waals surface area contributed by atoms with Gasteiger partial charge in [-0.2, -0.15) is 5.10 Å². The maximum atomic E-state index is 5.74. The molecule has 21 heavy (non-hydrogen) atoms. The normalized spacial score (nSPS) is 12.7. The molecule has 0 aliphatic heterocycles. The van der Waals surface area contributed by atoms with Crippen LogP contribution in [0, 0.1) is 6.92 Å². The first kappa shape index (κ1) is 15.5. The summed E-state index contributed by atoms with van der Waals surface area (Å²) in [5.74, 6) is 0.798. The summed E-state index contributed by atoms with van der Waals surface area (Å²) in [5, 5.41) is 7.84. The van der Waals surface area contributed by atoms with Crippen molar-refractivity contribution in [1.29, 1.82) is 0 Å². The van der Waals surface area contributed by atoms with Gasteiger partial charge in [-0.1, -0.05) is 6.92 Å². The first-order valence-electron chi connectivity index (χ1n) is 7.36. The standard InChI is InChI=1S/C16H24N4O/c1-6-18-16(15-10-19-20(5)12(15)4)13-7-14(9-17-8-13)21-11(2)3/h7-11,16,18H,6H2,1-5H3. The van der Waals surface area contributed by atoms with Crippen molar-refractivity contribution in [3.63, 3.8) is 0 Å². The summed E-state index contributed by atoms with van der Waals surface area (Å²) in [4.78, 5) is 4.31. The van der Waals surface area contributed by atoms with Crippen LogP contribution in [0.2, 0.25) is 0 Å². The van der Waals surface area contributed by atoms with Crippen LogP contribution < -0.4 is 10.1 Å². The summed E-state index contributed by atoms with van der Waals surface area (Å²) in [7, 11) is 1.96. The molecule has 5 heteroatoms. The minimum absolute atomic E-state index is 0.0758. The molecule has 0 aliphatic carbocycles. The molecule has 0 saturated heterocycles. The third kappa shape index (κ3) is 3.61. The van der Waals surface area contributed by atoms with Crippen LogP contribution in [0.1, 0.15) is 43.6 Å². The predicted octanol–water partition coefficient (Wildman–Crippen LogP) is 2.61. The number of hydrogen-bond donors (Lipinski definition) is 1. The van der Waals surface area contributed by atoms with E-state index >= 15 is 0 Å². The molecule has 0 saturated carbocycles. The molecule has 0 aromatic carbocycles. The van der Waals surface area contributed by atoms with Gasteiger partial charge in [-0.25, -0.2) is 0 Å². The third-order valence-electron chi connectivity index (χ3n) is 3.43. The van der Waals surface area contributed by atoms with Crippen LogP contribution >= 0.6 is 0 Å². The molecule has 1 atom stereocenters. The van der Waals surface area contributed by atoms with E-state index in [4.69, 9.17) is 4.74 Å². The van der Waals surface area contributed by atoms with Gasteiger partial charge in [0.05, 0.1) is 24.5 Å². The Morgan fingerprint density at radius 3 is 2.62 bits per heavy atom. The van der Waals surface area contributed by atoms with Crippen LogP contribution in [-0.4, -0.2) is 27.4 Å². The van der Waals surface area contributed by atoms with Crippen LogP contribution in [0.3, 0.4) is 0 Å². The van der Waals surface area contributed by atoms with Gasteiger partial charge in [0.2, 0.25) is 0 Å². The lowest BCUT2D eigenvalue weighted by Gasteiger charge is -2.19. The molecule has 2 heterocycles. The van der Waals surface area contributed by atoms with Gasteiger partial charge < -0.3 is 10.1 Å². The van der Waals surface area contributed by atoms with Gasteiger partial charge in [0.1, 0.15) is 5.75 Å². The number of nitrogens with one attached hydrogen (secondary N) is 1. The van der Waals surface area contributed by atoms with Crippen molar-refractivity contribution < 1.29 is 4.74 Å². The monoisotopic (exact) mass is 288 g/mol. The van der Waals surface area contributed by atoms with Crippen LogP contribution in [-0.2, 0) is 7.05 Å². The van der Waals surface area contributed by atoms with E-state index in [0.29, 0.717) is 0 Å². The van der Waals surface area contributed by atoms with Crippen LogP contribution in [0.5, 0.6) is 5.75 Å². The van der Waals surface area contributed by atoms with E-state index in [9.17, 15) is 0 Å². The molecule has 0 bridgehead atoms. The van der Waals surface area contributed by atoms with Crippen molar-refractivity contribution in [1.82, 2.24) is 20.1 Å². The number of pyridine rings is 1. The van der Waals surface area contributed by atoms with Crippen molar-refractivity contribution >= 4 is 0 Å². The molecule has 2 aromatic heterocycles. The third-order valence-corrected chi connectivity index (χ3v) is 3.43. The highest BCUT2D eigenvalue weighted by molar-refractivity contribution is 5.35. The summed E-state index contributed by atoms with van der Waals surface area (Å²) >= 11 is 0. The second kappa shape index (κ2) is 6.72. The SMILES string of the molecule is CCNC(c1cncc(OC(C)C)c1)c1cnn(C)c1C. The molecule has 1 N–H and O–H groups in total. The van der Waals surface area contributed by atoms with E-state index in [1.807, 2.05) is 44.0 Å². The van der Waals surface area contributed by atoms with Crippen molar-refractivity contribution in [2.24, 2.45) is 7.05 Å². The molecule has 2 rings (SSSR count). The molecule has 5 nitrogen and oxygen atoms in total. The van der Waals surface area contributed by atoms with Crippen LogP contribution in [0.15, 0.2) is 24.7 Å². The van der Waals surface area contributed by atoms with Gasteiger partial charge in [-0.3, -0.25) is 9.67 Å². The Morgan fingerprint density at radius 1 is 1.29 bits per heavy atom. The van der Waals surface area contributed by atoms with Gasteiger partial charge >= 0.3 is 0 Å². The summed E-state index contributed by atoms with van der Waals surface area (Å²) in [5.41, 5.74) is 3.41. The fraction of sp³-hybridized carbons (Fsp3) is 0.500. The number of aryl methyl sites for hydroxylation is 1. The minimum atomic E-state index is 0.0758. The largest absolute Gasteiger partial charge is 0.489 e. The van der Waals surface area contributed by atoms with E-state index in [1.165, 1.54) is 5.56 Å². The average Bonchev–Trinajstić information content (AvgIpc) is 2.76. The van der Waals surface area contributed by atoms with Crippen LogP contribution in [0.25, 0.3) is 0 Å². The Kier molecular flexibility index (Phi) is 4.96. The number of nitrogens with zero attached hydrogens (tertiary/aromatic N) is 3. The Labute approximate surface area is 126 Å². The average molecular weight is 288 g/mol. The van der Waals surface area contributed by atoms with Gasteiger partial charge in [-0.05, 0) is 38.9 Å². The first-order chi connectivity index (χ1) is 10.0. The summed E-state index contributed by atoms with van der Waals surface area (Å²) in [6, 6.07) is 2.12. The van der Waals surface area contributed by atoms with E-state index < -0.39 is 0 Å². The Hall–Kier alpha value is -1.88. The molecular weight excluding hydrogens is 264 g/mol. The molecule has 114 valence electrons. The van der Waals surface area contributed by atoms with E-state index in [2.05, 4.69) is 29.2 Å². The smallest absolute Gasteiger partial charge is 0.138 e. The van der Waals surface area contributed by atoms with Gasteiger partial charge in [0.25, 0.3) is 0 Å². The summed E-state index contributed by atoms with van der Waals surface area (Å²) < 4.78 is 7.63. The Bertz CT molecular complexity index is 592. The Morgan fingerprint density at radius 2 is 2.05 bits per heavy atom. The maximum absolute atomic E-state index is 5.74. The van der Waals surface area contributed by atoms with Crippen LogP contribution in [0.4, 0.5) is 0 Å². The summed E-state index contributed by atoms with van der Waals surface area (Å²) in [6.07, 6.45) is 5.69. The zero-order chi connectivity index (χ0) is 15.4.